The summed E-state index contributed by atoms with van der Waals surface area (Å²) in [6.45, 7) is 0. The summed E-state index contributed by atoms with van der Waals surface area (Å²) in [5.41, 5.74) is 7.06. The number of benzene rings is 2. The van der Waals surface area contributed by atoms with Gasteiger partial charge in [0, 0.05) is 11.9 Å². The van der Waals surface area contributed by atoms with Gasteiger partial charge in [-0.05, 0) is 35.4 Å². The molecule has 0 saturated carbocycles. The Kier molecular flexibility index (Phi) is 5.19. The lowest BCUT2D eigenvalue weighted by Crippen LogP contribution is -2.36. The Hall–Kier alpha value is -2.85. The molecule has 0 unspecified atom stereocenters. The molecule has 0 radical (unpaired) electrons. The fraction of sp³-hybridized carbons (Fsp3) is 0.118. The van der Waals surface area contributed by atoms with Gasteiger partial charge in [0.1, 0.15) is 10.8 Å². The van der Waals surface area contributed by atoms with Gasteiger partial charge in [-0.2, -0.15) is 0 Å². The second-order valence-electron chi connectivity index (χ2n) is 5.49. The van der Waals surface area contributed by atoms with Crippen molar-refractivity contribution in [3.05, 3.63) is 59.3 Å². The summed E-state index contributed by atoms with van der Waals surface area (Å²) in [7, 11) is 1.64. The van der Waals surface area contributed by atoms with Crippen LogP contribution in [0.3, 0.4) is 0 Å². The van der Waals surface area contributed by atoms with Gasteiger partial charge in [0.25, 0.3) is 0 Å². The molecule has 0 spiro atoms. The quantitative estimate of drug-likeness (QED) is 0.713. The summed E-state index contributed by atoms with van der Waals surface area (Å²) < 4.78 is 40.6. The van der Waals surface area contributed by atoms with Crippen LogP contribution < -0.4 is 15.6 Å². The molecule has 0 fully saturated rings. The molecular formula is C17H14F3N3O3S. The molecule has 1 heterocycles. The fourth-order valence-corrected chi connectivity index (χ4v) is 3.37. The number of carboxylic acids is 1. The minimum Gasteiger partial charge on any atom is -0.476 e. The van der Waals surface area contributed by atoms with E-state index in [1.54, 1.807) is 13.1 Å². The molecule has 142 valence electrons. The summed E-state index contributed by atoms with van der Waals surface area (Å²) in [6.07, 6.45) is -4.73. The second kappa shape index (κ2) is 7.41. The van der Waals surface area contributed by atoms with Crippen LogP contribution >= 0.6 is 11.8 Å². The van der Waals surface area contributed by atoms with E-state index < -0.39 is 12.3 Å². The number of carboxylic acid groups (broad SMARTS) is 1. The maximum absolute atomic E-state index is 12.2. The maximum atomic E-state index is 12.2. The Morgan fingerprint density at radius 1 is 1.11 bits per heavy atom. The van der Waals surface area contributed by atoms with E-state index in [-0.39, 0.29) is 11.4 Å². The first-order valence-electron chi connectivity index (χ1n) is 7.60. The van der Waals surface area contributed by atoms with Gasteiger partial charge in [-0.15, -0.1) is 18.3 Å². The third-order valence-corrected chi connectivity index (χ3v) is 4.45. The largest absolute Gasteiger partial charge is 0.573 e. The molecule has 0 saturated heterocycles. The van der Waals surface area contributed by atoms with Crippen LogP contribution in [0.15, 0.2) is 64.2 Å². The van der Waals surface area contributed by atoms with E-state index in [4.69, 9.17) is 0 Å². The molecule has 0 bridgehead atoms. The van der Waals surface area contributed by atoms with Crippen molar-refractivity contribution in [2.75, 3.05) is 7.05 Å². The van der Waals surface area contributed by atoms with Crippen molar-refractivity contribution in [3.8, 4) is 16.9 Å². The monoisotopic (exact) mass is 397 g/mol. The summed E-state index contributed by atoms with van der Waals surface area (Å²) >= 11 is 1.22. The number of thioether (sulfide) groups is 1. The maximum Gasteiger partial charge on any atom is 0.573 e. The van der Waals surface area contributed by atoms with Gasteiger partial charge >= 0.3 is 12.3 Å². The van der Waals surface area contributed by atoms with Crippen LogP contribution in [-0.4, -0.2) is 29.6 Å². The van der Waals surface area contributed by atoms with Crippen molar-refractivity contribution < 1.29 is 27.8 Å². The number of alkyl halides is 3. The number of hydrogen-bond acceptors (Lipinski definition) is 6. The molecule has 0 aromatic heterocycles. The molecule has 2 aromatic rings. The fourth-order valence-electron chi connectivity index (χ4n) is 2.38. The lowest BCUT2D eigenvalue weighted by molar-refractivity contribution is -0.274. The first kappa shape index (κ1) is 18.9. The standard InChI is InChI=1S/C17H14F3N3O3S/c1-23-21-14(16(24)25)15(22-23)27-13-4-2-3-11(9-13)10-5-7-12(8-6-10)26-17(18,19)20/h2-9,21-22H,1H3,(H,24,25). The van der Waals surface area contributed by atoms with Crippen molar-refractivity contribution in [1.82, 2.24) is 16.0 Å². The highest BCUT2D eigenvalue weighted by molar-refractivity contribution is 8.03. The number of ether oxygens (including phenoxy) is 1. The Bertz CT molecular complexity index is 885. The molecule has 0 atom stereocenters. The van der Waals surface area contributed by atoms with E-state index in [9.17, 15) is 23.1 Å². The van der Waals surface area contributed by atoms with Crippen LogP contribution in [0.2, 0.25) is 0 Å². The average Bonchev–Trinajstić information content (AvgIpc) is 2.95. The third kappa shape index (κ3) is 4.86. The van der Waals surface area contributed by atoms with E-state index in [0.717, 1.165) is 10.5 Å². The lowest BCUT2D eigenvalue weighted by atomic mass is 10.1. The van der Waals surface area contributed by atoms with E-state index in [1.807, 2.05) is 18.2 Å². The molecule has 3 N–H and O–H groups in total. The topological polar surface area (TPSA) is 73.8 Å². The van der Waals surface area contributed by atoms with Crippen molar-refractivity contribution >= 4 is 17.7 Å². The van der Waals surface area contributed by atoms with Crippen molar-refractivity contribution in [2.45, 2.75) is 11.3 Å². The van der Waals surface area contributed by atoms with Gasteiger partial charge in [-0.1, -0.05) is 36.0 Å². The number of aliphatic carboxylic acids is 1. The minimum absolute atomic E-state index is 0.0292. The van der Waals surface area contributed by atoms with Crippen LogP contribution in [0.1, 0.15) is 0 Å². The molecule has 1 aliphatic heterocycles. The van der Waals surface area contributed by atoms with E-state index in [2.05, 4.69) is 15.6 Å². The highest BCUT2D eigenvalue weighted by Gasteiger charge is 2.31. The van der Waals surface area contributed by atoms with Gasteiger partial charge in [0.15, 0.2) is 5.70 Å². The molecule has 3 rings (SSSR count). The number of halogens is 3. The van der Waals surface area contributed by atoms with Crippen LogP contribution in [0.25, 0.3) is 11.1 Å². The van der Waals surface area contributed by atoms with E-state index in [0.29, 0.717) is 10.6 Å². The normalized spacial score (nSPS) is 14.7. The molecule has 2 aromatic carbocycles. The van der Waals surface area contributed by atoms with Crippen LogP contribution in [0.5, 0.6) is 5.75 Å². The zero-order chi connectivity index (χ0) is 19.6. The van der Waals surface area contributed by atoms with Gasteiger partial charge < -0.3 is 9.84 Å². The molecule has 6 nitrogen and oxygen atoms in total. The number of rotatable bonds is 5. The Morgan fingerprint density at radius 2 is 1.81 bits per heavy atom. The van der Waals surface area contributed by atoms with Gasteiger partial charge in [-0.25, -0.2) is 4.79 Å². The van der Waals surface area contributed by atoms with Gasteiger partial charge in [-0.3, -0.25) is 10.9 Å². The SMILES string of the molecule is CN1NC(Sc2cccc(-c3ccc(OC(F)(F)F)cc3)c2)=C(C(=O)O)N1. The first-order valence-corrected chi connectivity index (χ1v) is 8.41. The van der Waals surface area contributed by atoms with Crippen molar-refractivity contribution in [1.29, 1.82) is 0 Å². The van der Waals surface area contributed by atoms with E-state index >= 15 is 0 Å². The minimum atomic E-state index is -4.73. The van der Waals surface area contributed by atoms with Crippen LogP contribution in [0, 0.1) is 0 Å². The second-order valence-corrected chi connectivity index (χ2v) is 6.58. The molecule has 10 heteroatoms. The number of hydrazine groups is 2. The zero-order valence-electron chi connectivity index (χ0n) is 13.9. The molecule has 0 amide bonds. The summed E-state index contributed by atoms with van der Waals surface area (Å²) in [5.74, 6) is -1.39. The Labute approximate surface area is 156 Å². The van der Waals surface area contributed by atoms with Gasteiger partial charge in [0.05, 0.1) is 0 Å². The lowest BCUT2D eigenvalue weighted by Gasteiger charge is -2.11. The van der Waals surface area contributed by atoms with Crippen LogP contribution in [0.4, 0.5) is 13.2 Å². The van der Waals surface area contributed by atoms with Gasteiger partial charge in [0.2, 0.25) is 0 Å². The molecule has 27 heavy (non-hydrogen) atoms. The predicted octanol–water partition coefficient (Wildman–Crippen LogP) is 3.55. The number of nitrogens with one attached hydrogen (secondary N) is 2. The summed E-state index contributed by atoms with van der Waals surface area (Å²) in [6, 6.07) is 12.7. The third-order valence-electron chi connectivity index (χ3n) is 3.46. The zero-order valence-corrected chi connectivity index (χ0v) is 14.7. The Morgan fingerprint density at radius 3 is 2.44 bits per heavy atom. The highest BCUT2D eigenvalue weighted by Crippen LogP contribution is 2.33. The Balaban J connectivity index is 1.80. The van der Waals surface area contributed by atoms with Crippen molar-refractivity contribution in [2.24, 2.45) is 0 Å². The predicted molar refractivity (Wildman–Crippen MR) is 93.1 cm³/mol. The number of carbonyl (C=O) groups is 1. The smallest absolute Gasteiger partial charge is 0.476 e. The number of hydrogen-bond donors (Lipinski definition) is 3. The molecule has 1 aliphatic rings. The highest BCUT2D eigenvalue weighted by atomic mass is 32.2. The average molecular weight is 397 g/mol. The summed E-state index contributed by atoms with van der Waals surface area (Å²) in [5, 5.41) is 11.1. The van der Waals surface area contributed by atoms with E-state index in [1.165, 1.54) is 41.1 Å². The van der Waals surface area contributed by atoms with Crippen LogP contribution in [-0.2, 0) is 4.79 Å². The van der Waals surface area contributed by atoms with Crippen molar-refractivity contribution in [3.63, 3.8) is 0 Å². The summed E-state index contributed by atoms with van der Waals surface area (Å²) in [4.78, 5) is 12.0. The number of nitrogens with zero attached hydrogens (tertiary/aromatic N) is 1. The molecule has 0 aliphatic carbocycles. The first-order chi connectivity index (χ1) is 12.7. The molecular weight excluding hydrogens is 383 g/mol.